The summed E-state index contributed by atoms with van der Waals surface area (Å²) in [5, 5.41) is 0. The van der Waals surface area contributed by atoms with Crippen molar-refractivity contribution in [3.8, 4) is 0 Å². The second-order valence-electron chi connectivity index (χ2n) is 7.16. The molecule has 0 unspecified atom stereocenters. The summed E-state index contributed by atoms with van der Waals surface area (Å²) in [5.41, 5.74) is 2.11. The lowest BCUT2D eigenvalue weighted by Crippen LogP contribution is -2.43. The smallest absolute Gasteiger partial charge is 0.251 e. The van der Waals surface area contributed by atoms with Crippen LogP contribution < -0.4 is 0 Å². The molecule has 1 atom stereocenters. The van der Waals surface area contributed by atoms with Gasteiger partial charge in [-0.1, -0.05) is 12.1 Å². The van der Waals surface area contributed by atoms with Gasteiger partial charge in [-0.2, -0.15) is 0 Å². The van der Waals surface area contributed by atoms with Crippen LogP contribution in [0.25, 0.3) is 11.0 Å². The third kappa shape index (κ3) is 3.31. The molecule has 1 aliphatic heterocycles. The molecule has 2 heterocycles. The summed E-state index contributed by atoms with van der Waals surface area (Å²) in [6, 6.07) is 8.13. The number of benzene rings is 1. The highest BCUT2D eigenvalue weighted by Gasteiger charge is 2.30. The number of hydrogen-bond donors (Lipinski definition) is 1. The molecule has 1 aromatic heterocycles. The van der Waals surface area contributed by atoms with E-state index in [9.17, 15) is 4.79 Å². The first-order valence-electron chi connectivity index (χ1n) is 9.06. The van der Waals surface area contributed by atoms with E-state index < -0.39 is 0 Å². The molecule has 1 aromatic carbocycles. The predicted octanol–water partition coefficient (Wildman–Crippen LogP) is 3.08. The zero-order valence-corrected chi connectivity index (χ0v) is 14.2. The Morgan fingerprint density at radius 1 is 1.29 bits per heavy atom. The van der Waals surface area contributed by atoms with Crippen LogP contribution in [0.3, 0.4) is 0 Å². The first-order valence-corrected chi connectivity index (χ1v) is 9.06. The fraction of sp³-hybridized carbons (Fsp3) is 0.579. The largest absolute Gasteiger partial charge is 0.368 e. The number of ether oxygens (including phenoxy) is 1. The molecule has 2 fully saturated rings. The topological polar surface area (TPSA) is 58.2 Å². The number of rotatable bonds is 5. The molecule has 1 N–H and O–H groups in total. The fourth-order valence-corrected chi connectivity index (χ4v) is 3.43. The molecule has 0 spiro atoms. The van der Waals surface area contributed by atoms with Gasteiger partial charge >= 0.3 is 0 Å². The monoisotopic (exact) mass is 327 g/mol. The molecular formula is C19H25N3O2. The zero-order chi connectivity index (χ0) is 16.5. The Labute approximate surface area is 142 Å². The second-order valence-corrected chi connectivity index (χ2v) is 7.16. The second kappa shape index (κ2) is 6.55. The SMILES string of the molecule is C[C@@H](OCC1CC1)C(=O)N1CCC(c2nc3ccccc3[nH]2)CC1. The van der Waals surface area contributed by atoms with Crippen molar-refractivity contribution in [3.63, 3.8) is 0 Å². The van der Waals surface area contributed by atoms with Crippen LogP contribution in [0.4, 0.5) is 0 Å². The molecule has 1 amide bonds. The van der Waals surface area contributed by atoms with Crippen LogP contribution in [0.5, 0.6) is 0 Å². The van der Waals surface area contributed by atoms with E-state index in [-0.39, 0.29) is 12.0 Å². The van der Waals surface area contributed by atoms with E-state index in [0.717, 1.165) is 49.4 Å². The van der Waals surface area contributed by atoms with Gasteiger partial charge in [-0.3, -0.25) is 4.79 Å². The summed E-state index contributed by atoms with van der Waals surface area (Å²) in [4.78, 5) is 22.6. The van der Waals surface area contributed by atoms with Crippen LogP contribution in [-0.4, -0.2) is 46.6 Å². The number of piperidine rings is 1. The molecule has 1 saturated carbocycles. The lowest BCUT2D eigenvalue weighted by atomic mass is 9.96. The Hall–Kier alpha value is -1.88. The molecule has 4 rings (SSSR count). The van der Waals surface area contributed by atoms with Gasteiger partial charge in [-0.25, -0.2) is 4.98 Å². The van der Waals surface area contributed by atoms with Gasteiger partial charge in [-0.05, 0) is 50.7 Å². The molecule has 5 heteroatoms. The van der Waals surface area contributed by atoms with Crippen LogP contribution >= 0.6 is 0 Å². The maximum Gasteiger partial charge on any atom is 0.251 e. The maximum absolute atomic E-state index is 12.5. The van der Waals surface area contributed by atoms with E-state index in [1.807, 2.05) is 30.0 Å². The average molecular weight is 327 g/mol. The predicted molar refractivity (Wildman–Crippen MR) is 92.8 cm³/mol. The van der Waals surface area contributed by atoms with E-state index in [1.54, 1.807) is 0 Å². The Bertz CT molecular complexity index is 681. The number of imidazole rings is 1. The number of nitrogens with one attached hydrogen (secondary N) is 1. The van der Waals surface area contributed by atoms with Gasteiger partial charge in [0.25, 0.3) is 5.91 Å². The van der Waals surface area contributed by atoms with E-state index in [2.05, 4.69) is 11.1 Å². The zero-order valence-electron chi connectivity index (χ0n) is 14.2. The minimum absolute atomic E-state index is 0.138. The van der Waals surface area contributed by atoms with Gasteiger partial charge in [0, 0.05) is 19.0 Å². The summed E-state index contributed by atoms with van der Waals surface area (Å²) in [5.74, 6) is 2.29. The number of carbonyl (C=O) groups excluding carboxylic acids is 1. The van der Waals surface area contributed by atoms with Gasteiger partial charge in [0.05, 0.1) is 17.6 Å². The lowest BCUT2D eigenvalue weighted by molar-refractivity contribution is -0.144. The number of nitrogens with zero attached hydrogens (tertiary/aromatic N) is 2. The number of fused-ring (bicyclic) bond motifs is 1. The highest BCUT2D eigenvalue weighted by atomic mass is 16.5. The Balaban J connectivity index is 1.33. The Kier molecular flexibility index (Phi) is 4.27. The lowest BCUT2D eigenvalue weighted by Gasteiger charge is -2.32. The van der Waals surface area contributed by atoms with Crippen molar-refractivity contribution in [2.75, 3.05) is 19.7 Å². The van der Waals surface area contributed by atoms with Crippen LogP contribution in [0, 0.1) is 5.92 Å². The number of aromatic amines is 1. The van der Waals surface area contributed by atoms with Crippen molar-refractivity contribution < 1.29 is 9.53 Å². The molecule has 24 heavy (non-hydrogen) atoms. The van der Waals surface area contributed by atoms with Gasteiger partial charge in [0.2, 0.25) is 0 Å². The number of H-pyrrole nitrogens is 1. The van der Waals surface area contributed by atoms with Crippen LogP contribution in [0.2, 0.25) is 0 Å². The Morgan fingerprint density at radius 2 is 2.04 bits per heavy atom. The van der Waals surface area contributed by atoms with Crippen LogP contribution in [0.15, 0.2) is 24.3 Å². The van der Waals surface area contributed by atoms with Crippen molar-refractivity contribution in [3.05, 3.63) is 30.1 Å². The summed E-state index contributed by atoms with van der Waals surface area (Å²) < 4.78 is 5.72. The van der Waals surface area contributed by atoms with Gasteiger partial charge in [0.1, 0.15) is 11.9 Å². The van der Waals surface area contributed by atoms with E-state index in [4.69, 9.17) is 9.72 Å². The molecule has 2 aromatic rings. The summed E-state index contributed by atoms with van der Waals surface area (Å²) in [6.45, 7) is 4.20. The van der Waals surface area contributed by atoms with E-state index in [0.29, 0.717) is 11.8 Å². The molecule has 0 bridgehead atoms. The number of carbonyl (C=O) groups is 1. The van der Waals surface area contributed by atoms with E-state index in [1.165, 1.54) is 12.8 Å². The number of para-hydroxylation sites is 2. The van der Waals surface area contributed by atoms with E-state index >= 15 is 0 Å². The molecule has 2 aliphatic rings. The highest BCUT2D eigenvalue weighted by molar-refractivity contribution is 5.80. The highest BCUT2D eigenvalue weighted by Crippen LogP contribution is 2.30. The van der Waals surface area contributed by atoms with Crippen molar-refractivity contribution in [1.29, 1.82) is 0 Å². The number of aromatic nitrogens is 2. The molecule has 0 radical (unpaired) electrons. The van der Waals surface area contributed by atoms with Crippen molar-refractivity contribution in [2.45, 2.75) is 44.6 Å². The van der Waals surface area contributed by atoms with Crippen molar-refractivity contribution in [2.24, 2.45) is 5.92 Å². The normalized spacial score (nSPS) is 20.5. The molecular weight excluding hydrogens is 302 g/mol. The van der Waals surface area contributed by atoms with Gasteiger partial charge < -0.3 is 14.6 Å². The molecule has 1 aliphatic carbocycles. The quantitative estimate of drug-likeness (QED) is 0.918. The minimum Gasteiger partial charge on any atom is -0.368 e. The summed E-state index contributed by atoms with van der Waals surface area (Å²) in [6.07, 6.45) is 4.11. The molecule has 1 saturated heterocycles. The summed E-state index contributed by atoms with van der Waals surface area (Å²) >= 11 is 0. The third-order valence-corrected chi connectivity index (χ3v) is 5.23. The van der Waals surface area contributed by atoms with Gasteiger partial charge in [-0.15, -0.1) is 0 Å². The standard InChI is InChI=1S/C19H25N3O2/c1-13(24-12-14-6-7-14)19(23)22-10-8-15(9-11-22)18-20-16-4-2-3-5-17(16)21-18/h2-5,13-15H,6-12H2,1H3,(H,20,21)/t13-/m1/s1. The molecule has 128 valence electrons. The van der Waals surface area contributed by atoms with Gasteiger partial charge in [0.15, 0.2) is 0 Å². The number of amides is 1. The van der Waals surface area contributed by atoms with Crippen LogP contribution in [0.1, 0.15) is 44.3 Å². The van der Waals surface area contributed by atoms with Crippen molar-refractivity contribution >= 4 is 16.9 Å². The first kappa shape index (κ1) is 15.6. The summed E-state index contributed by atoms with van der Waals surface area (Å²) in [7, 11) is 0. The van der Waals surface area contributed by atoms with Crippen molar-refractivity contribution in [1.82, 2.24) is 14.9 Å². The Morgan fingerprint density at radius 3 is 2.75 bits per heavy atom. The first-order chi connectivity index (χ1) is 11.7. The maximum atomic E-state index is 12.5. The number of hydrogen-bond acceptors (Lipinski definition) is 3. The third-order valence-electron chi connectivity index (χ3n) is 5.23. The van der Waals surface area contributed by atoms with Crippen LogP contribution in [-0.2, 0) is 9.53 Å². The average Bonchev–Trinajstić information content (AvgIpc) is 3.35. The fourth-order valence-electron chi connectivity index (χ4n) is 3.43. The molecule has 5 nitrogen and oxygen atoms in total. The minimum atomic E-state index is -0.312. The number of likely N-dealkylation sites (tertiary alicyclic amines) is 1.